The van der Waals surface area contributed by atoms with Crippen LogP contribution < -0.4 is 5.32 Å². The van der Waals surface area contributed by atoms with Gasteiger partial charge in [0, 0.05) is 11.2 Å². The third-order valence-corrected chi connectivity index (χ3v) is 4.05. The van der Waals surface area contributed by atoms with Crippen molar-refractivity contribution >= 4 is 34.6 Å². The predicted octanol–water partition coefficient (Wildman–Crippen LogP) is 4.13. The SMILES string of the molecule is CC(NC(=O)c1nc(Cl)c2ccccn12)c1ccccc1Cl. The van der Waals surface area contributed by atoms with Crippen molar-refractivity contribution in [2.75, 3.05) is 0 Å². The maximum atomic E-state index is 12.5. The zero-order valence-corrected chi connectivity index (χ0v) is 13.3. The number of halogens is 2. The fraction of sp³-hybridized carbons (Fsp3) is 0.125. The zero-order chi connectivity index (χ0) is 15.7. The van der Waals surface area contributed by atoms with E-state index in [1.54, 1.807) is 16.7 Å². The predicted molar refractivity (Wildman–Crippen MR) is 87.5 cm³/mol. The van der Waals surface area contributed by atoms with Crippen molar-refractivity contribution in [3.8, 4) is 0 Å². The second-order valence-electron chi connectivity index (χ2n) is 4.90. The number of benzene rings is 1. The van der Waals surface area contributed by atoms with Crippen molar-refractivity contribution in [3.63, 3.8) is 0 Å². The first-order valence-electron chi connectivity index (χ1n) is 6.76. The molecule has 22 heavy (non-hydrogen) atoms. The molecule has 0 bridgehead atoms. The maximum absolute atomic E-state index is 12.5. The van der Waals surface area contributed by atoms with Gasteiger partial charge in [-0.2, -0.15) is 0 Å². The number of aromatic nitrogens is 2. The average molecular weight is 334 g/mol. The van der Waals surface area contributed by atoms with Crippen molar-refractivity contribution in [2.45, 2.75) is 13.0 Å². The zero-order valence-electron chi connectivity index (χ0n) is 11.8. The average Bonchev–Trinajstić information content (AvgIpc) is 2.85. The Morgan fingerprint density at radius 1 is 1.18 bits per heavy atom. The van der Waals surface area contributed by atoms with Crippen LogP contribution in [0, 0.1) is 0 Å². The molecule has 6 heteroatoms. The Bertz CT molecular complexity index is 844. The second-order valence-corrected chi connectivity index (χ2v) is 5.66. The summed E-state index contributed by atoms with van der Waals surface area (Å²) < 4.78 is 1.66. The molecule has 1 aromatic carbocycles. The van der Waals surface area contributed by atoms with Crippen molar-refractivity contribution in [1.29, 1.82) is 0 Å². The van der Waals surface area contributed by atoms with E-state index in [4.69, 9.17) is 23.2 Å². The standard InChI is InChI=1S/C16H13Cl2N3O/c1-10(11-6-2-3-7-12(11)17)19-16(22)15-20-14(18)13-8-4-5-9-21(13)15/h2-10H,1H3,(H,19,22). The maximum Gasteiger partial charge on any atom is 0.288 e. The van der Waals surface area contributed by atoms with Crippen LogP contribution in [0.4, 0.5) is 0 Å². The fourth-order valence-electron chi connectivity index (χ4n) is 2.33. The highest BCUT2D eigenvalue weighted by atomic mass is 35.5. The Kier molecular flexibility index (Phi) is 4.05. The Morgan fingerprint density at radius 2 is 1.91 bits per heavy atom. The number of rotatable bonds is 3. The van der Waals surface area contributed by atoms with E-state index in [1.165, 1.54) is 0 Å². The van der Waals surface area contributed by atoms with Crippen LogP contribution in [0.5, 0.6) is 0 Å². The van der Waals surface area contributed by atoms with E-state index < -0.39 is 0 Å². The first-order chi connectivity index (χ1) is 10.6. The highest BCUT2D eigenvalue weighted by Crippen LogP contribution is 2.23. The largest absolute Gasteiger partial charge is 0.343 e. The van der Waals surface area contributed by atoms with E-state index in [9.17, 15) is 4.79 Å². The lowest BCUT2D eigenvalue weighted by atomic mass is 10.1. The van der Waals surface area contributed by atoms with E-state index in [1.807, 2.05) is 43.3 Å². The van der Waals surface area contributed by atoms with Crippen LogP contribution in [0.25, 0.3) is 5.52 Å². The quantitative estimate of drug-likeness (QED) is 0.783. The Labute approximate surface area is 137 Å². The number of imidazole rings is 1. The fourth-order valence-corrected chi connectivity index (χ4v) is 2.86. The van der Waals surface area contributed by atoms with E-state index in [0.717, 1.165) is 5.56 Å². The van der Waals surface area contributed by atoms with Gasteiger partial charge in [-0.1, -0.05) is 47.5 Å². The molecule has 1 atom stereocenters. The summed E-state index contributed by atoms with van der Waals surface area (Å²) in [4.78, 5) is 16.6. The van der Waals surface area contributed by atoms with Crippen molar-refractivity contribution < 1.29 is 4.79 Å². The van der Waals surface area contributed by atoms with Gasteiger partial charge in [-0.25, -0.2) is 4.98 Å². The number of hydrogen-bond acceptors (Lipinski definition) is 2. The van der Waals surface area contributed by atoms with Crippen LogP contribution in [-0.4, -0.2) is 15.3 Å². The molecule has 1 amide bonds. The summed E-state index contributed by atoms with van der Waals surface area (Å²) in [7, 11) is 0. The molecule has 4 nitrogen and oxygen atoms in total. The van der Waals surface area contributed by atoms with Crippen molar-refractivity contribution in [3.05, 3.63) is 70.2 Å². The normalized spacial score (nSPS) is 12.3. The number of nitrogens with zero attached hydrogens (tertiary/aromatic N) is 2. The number of amides is 1. The lowest BCUT2D eigenvalue weighted by Gasteiger charge is -2.15. The van der Waals surface area contributed by atoms with Gasteiger partial charge in [0.05, 0.1) is 11.6 Å². The van der Waals surface area contributed by atoms with Gasteiger partial charge in [0.15, 0.2) is 5.15 Å². The van der Waals surface area contributed by atoms with Crippen LogP contribution in [0.1, 0.15) is 29.1 Å². The number of hydrogen-bond donors (Lipinski definition) is 1. The summed E-state index contributed by atoms with van der Waals surface area (Å²) in [5, 5.41) is 3.81. The Balaban J connectivity index is 1.89. The molecule has 1 unspecified atom stereocenters. The highest BCUT2D eigenvalue weighted by Gasteiger charge is 2.19. The molecule has 112 valence electrons. The molecule has 0 saturated carbocycles. The molecule has 2 aromatic heterocycles. The molecule has 3 aromatic rings. The van der Waals surface area contributed by atoms with Crippen LogP contribution >= 0.6 is 23.2 Å². The Hall–Kier alpha value is -2.04. The third kappa shape index (κ3) is 2.67. The second kappa shape index (κ2) is 5.99. The minimum atomic E-state index is -0.305. The van der Waals surface area contributed by atoms with Crippen LogP contribution in [0.15, 0.2) is 48.7 Å². The van der Waals surface area contributed by atoms with E-state index >= 15 is 0 Å². The summed E-state index contributed by atoms with van der Waals surface area (Å²) in [6, 6.07) is 12.6. The van der Waals surface area contributed by atoms with Crippen LogP contribution in [-0.2, 0) is 0 Å². The molecule has 0 fully saturated rings. The molecule has 0 aliphatic heterocycles. The number of carbonyl (C=O) groups excluding carboxylic acids is 1. The minimum Gasteiger partial charge on any atom is -0.343 e. The van der Waals surface area contributed by atoms with Crippen molar-refractivity contribution in [2.24, 2.45) is 0 Å². The number of carbonyl (C=O) groups is 1. The van der Waals surface area contributed by atoms with E-state index in [2.05, 4.69) is 10.3 Å². The lowest BCUT2D eigenvalue weighted by molar-refractivity contribution is 0.0929. The summed E-state index contributed by atoms with van der Waals surface area (Å²) in [6.45, 7) is 1.87. The van der Waals surface area contributed by atoms with Crippen LogP contribution in [0.2, 0.25) is 10.2 Å². The molecule has 1 N–H and O–H groups in total. The van der Waals surface area contributed by atoms with Gasteiger partial charge in [-0.15, -0.1) is 0 Å². The molecular weight excluding hydrogens is 321 g/mol. The molecule has 0 radical (unpaired) electrons. The first-order valence-corrected chi connectivity index (χ1v) is 7.51. The van der Waals surface area contributed by atoms with Crippen LogP contribution in [0.3, 0.4) is 0 Å². The van der Waals surface area contributed by atoms with Gasteiger partial charge >= 0.3 is 0 Å². The van der Waals surface area contributed by atoms with E-state index in [-0.39, 0.29) is 17.8 Å². The smallest absolute Gasteiger partial charge is 0.288 e. The summed E-state index contributed by atoms with van der Waals surface area (Å²) in [5.74, 6) is -0.0555. The van der Waals surface area contributed by atoms with Gasteiger partial charge in [-0.3, -0.25) is 9.20 Å². The molecular formula is C16H13Cl2N3O. The molecule has 2 heterocycles. The van der Waals surface area contributed by atoms with Gasteiger partial charge in [0.2, 0.25) is 5.82 Å². The first kappa shape index (κ1) is 14.9. The number of pyridine rings is 1. The molecule has 0 aliphatic carbocycles. The van der Waals surface area contributed by atoms with Gasteiger partial charge in [-0.05, 0) is 30.7 Å². The Morgan fingerprint density at radius 3 is 2.68 bits per heavy atom. The summed E-state index contributed by atoms with van der Waals surface area (Å²) in [5.41, 5.74) is 1.55. The number of nitrogens with one attached hydrogen (secondary N) is 1. The van der Waals surface area contributed by atoms with Gasteiger partial charge in [0.1, 0.15) is 0 Å². The van der Waals surface area contributed by atoms with Gasteiger partial charge in [0.25, 0.3) is 5.91 Å². The topological polar surface area (TPSA) is 46.4 Å². The molecule has 3 rings (SSSR count). The monoisotopic (exact) mass is 333 g/mol. The van der Waals surface area contributed by atoms with Gasteiger partial charge < -0.3 is 5.32 Å². The number of fused-ring (bicyclic) bond motifs is 1. The minimum absolute atomic E-state index is 0.240. The molecule has 0 aliphatic rings. The lowest BCUT2D eigenvalue weighted by Crippen LogP contribution is -2.28. The summed E-state index contributed by atoms with van der Waals surface area (Å²) in [6.07, 6.45) is 1.75. The highest BCUT2D eigenvalue weighted by molar-refractivity contribution is 6.33. The molecule has 0 saturated heterocycles. The van der Waals surface area contributed by atoms with E-state index in [0.29, 0.717) is 15.7 Å². The summed E-state index contributed by atoms with van der Waals surface area (Å²) >= 11 is 12.2. The molecule has 0 spiro atoms. The third-order valence-electron chi connectivity index (χ3n) is 3.43. The van der Waals surface area contributed by atoms with Crippen molar-refractivity contribution in [1.82, 2.24) is 14.7 Å².